The lowest BCUT2D eigenvalue weighted by atomic mass is 9.45. The number of ketones is 1. The normalized spacial score (nSPS) is 45.5. The lowest BCUT2D eigenvalue weighted by molar-refractivity contribution is -0.134. The summed E-state index contributed by atoms with van der Waals surface area (Å²) in [6, 6.07) is 0. The Balaban J connectivity index is 1.43. The number of hydroxylamine groups is 1. The summed E-state index contributed by atoms with van der Waals surface area (Å²) in [5.41, 5.74) is 3.89. The van der Waals surface area contributed by atoms with Gasteiger partial charge in [-0.05, 0) is 74.7 Å². The van der Waals surface area contributed by atoms with Crippen molar-refractivity contribution in [2.45, 2.75) is 71.3 Å². The summed E-state index contributed by atoms with van der Waals surface area (Å²) >= 11 is 0. The van der Waals surface area contributed by atoms with Crippen molar-refractivity contribution in [3.8, 4) is 0 Å². The molecule has 1 aliphatic heterocycles. The van der Waals surface area contributed by atoms with Gasteiger partial charge in [-0.15, -0.1) is 0 Å². The molecule has 5 aliphatic rings. The number of Topliss-reactive ketones (excluding diaryl/α,β-unsaturated/α-hetero) is 1. The first-order chi connectivity index (χ1) is 14.3. The van der Waals surface area contributed by atoms with Gasteiger partial charge in [0.25, 0.3) is 6.08 Å². The SMILES string of the molecule is C[C@]12CCC(NOC3CCNC3)=CC1C(=C(F)F)C[C@@H]1[C@H]2CC[C@]2(C)C(=O)CC[C@@H]12. The monoisotopic (exact) mass is 420 g/mol. The van der Waals surface area contributed by atoms with Crippen molar-refractivity contribution in [2.75, 3.05) is 13.1 Å². The van der Waals surface area contributed by atoms with Gasteiger partial charge in [-0.25, -0.2) is 0 Å². The zero-order valence-electron chi connectivity index (χ0n) is 18.1. The predicted octanol–water partition coefficient (Wildman–Crippen LogP) is 4.74. The molecule has 166 valence electrons. The first-order valence-electron chi connectivity index (χ1n) is 11.7. The van der Waals surface area contributed by atoms with Crippen LogP contribution in [-0.4, -0.2) is 25.0 Å². The Labute approximate surface area is 177 Å². The van der Waals surface area contributed by atoms with Crippen LogP contribution in [0.3, 0.4) is 0 Å². The third-order valence-corrected chi connectivity index (χ3v) is 9.45. The van der Waals surface area contributed by atoms with Crippen LogP contribution in [0.15, 0.2) is 23.4 Å². The van der Waals surface area contributed by atoms with Gasteiger partial charge in [-0.2, -0.15) is 8.78 Å². The molecule has 3 saturated carbocycles. The van der Waals surface area contributed by atoms with Gasteiger partial charge in [0.1, 0.15) is 5.78 Å². The number of rotatable bonds is 3. The summed E-state index contributed by atoms with van der Waals surface area (Å²) in [5.74, 6) is 0.992. The molecule has 5 rings (SSSR count). The minimum atomic E-state index is -1.51. The van der Waals surface area contributed by atoms with Gasteiger partial charge in [0.05, 0.1) is 6.10 Å². The summed E-state index contributed by atoms with van der Waals surface area (Å²) in [4.78, 5) is 18.4. The first-order valence-corrected chi connectivity index (χ1v) is 11.7. The van der Waals surface area contributed by atoms with Gasteiger partial charge in [-0.1, -0.05) is 19.9 Å². The molecule has 0 bridgehead atoms. The zero-order chi connectivity index (χ0) is 21.1. The van der Waals surface area contributed by atoms with Crippen molar-refractivity contribution < 1.29 is 18.4 Å². The number of halogens is 2. The molecule has 2 N–H and O–H groups in total. The largest absolute Gasteiger partial charge is 0.314 e. The van der Waals surface area contributed by atoms with Crippen LogP contribution in [0, 0.1) is 34.5 Å². The molecule has 2 unspecified atom stereocenters. The van der Waals surface area contributed by atoms with Crippen molar-refractivity contribution in [3.05, 3.63) is 23.4 Å². The molecule has 1 heterocycles. The highest BCUT2D eigenvalue weighted by Crippen LogP contribution is 2.66. The lowest BCUT2D eigenvalue weighted by Gasteiger charge is -2.59. The van der Waals surface area contributed by atoms with Crippen LogP contribution in [-0.2, 0) is 9.63 Å². The lowest BCUT2D eigenvalue weighted by Crippen LogP contribution is -2.53. The number of hydrogen-bond acceptors (Lipinski definition) is 4. The molecule has 0 spiro atoms. The minimum absolute atomic E-state index is 0.138. The van der Waals surface area contributed by atoms with Gasteiger partial charge in [-0.3, -0.25) is 15.1 Å². The van der Waals surface area contributed by atoms with Gasteiger partial charge in [0.2, 0.25) is 0 Å². The van der Waals surface area contributed by atoms with Crippen molar-refractivity contribution in [2.24, 2.45) is 34.5 Å². The standard InChI is InChI=1S/C24H34F2N2O2/c1-23-8-5-14(28-30-15-7-10-27-13-15)11-20(23)17(22(25)26)12-16-18-3-4-21(29)24(18,2)9-6-19(16)23/h11,15-16,18-20,27-28H,3-10,12-13H2,1-2H3/t15?,16-,18-,19+,20?,23+,24-/m0/s1. The second-order valence-electron chi connectivity index (χ2n) is 10.8. The van der Waals surface area contributed by atoms with Gasteiger partial charge < -0.3 is 5.32 Å². The molecule has 0 radical (unpaired) electrons. The number of allylic oxidation sites excluding steroid dienone is 3. The van der Waals surface area contributed by atoms with Crippen molar-refractivity contribution >= 4 is 5.78 Å². The smallest absolute Gasteiger partial charge is 0.270 e. The van der Waals surface area contributed by atoms with Gasteiger partial charge >= 0.3 is 0 Å². The van der Waals surface area contributed by atoms with E-state index in [1.807, 2.05) is 6.08 Å². The maximum Gasteiger partial charge on any atom is 0.270 e. The van der Waals surface area contributed by atoms with E-state index in [0.717, 1.165) is 57.3 Å². The second kappa shape index (κ2) is 7.40. The fourth-order valence-corrected chi connectivity index (χ4v) is 7.66. The molecule has 0 aromatic carbocycles. The Morgan fingerprint density at radius 2 is 2.00 bits per heavy atom. The van der Waals surface area contributed by atoms with Crippen molar-refractivity contribution in [1.29, 1.82) is 0 Å². The molecule has 4 fully saturated rings. The predicted molar refractivity (Wildman–Crippen MR) is 110 cm³/mol. The summed E-state index contributed by atoms with van der Waals surface area (Å²) in [6.07, 6.45) is 7.20. The quantitative estimate of drug-likeness (QED) is 0.648. The van der Waals surface area contributed by atoms with E-state index in [9.17, 15) is 13.6 Å². The molecule has 0 aromatic heterocycles. The van der Waals surface area contributed by atoms with E-state index in [-0.39, 0.29) is 34.7 Å². The summed E-state index contributed by atoms with van der Waals surface area (Å²) < 4.78 is 28.4. The number of carbonyl (C=O) groups excluding carboxylic acids is 1. The van der Waals surface area contributed by atoms with Crippen molar-refractivity contribution in [3.63, 3.8) is 0 Å². The third-order valence-electron chi connectivity index (χ3n) is 9.45. The maximum atomic E-state index is 14.2. The number of nitrogens with one attached hydrogen (secondary N) is 2. The van der Waals surface area contributed by atoms with E-state index in [2.05, 4.69) is 24.6 Å². The fourth-order valence-electron chi connectivity index (χ4n) is 7.66. The van der Waals surface area contributed by atoms with Crippen LogP contribution in [0.4, 0.5) is 8.78 Å². The van der Waals surface area contributed by atoms with Crippen LogP contribution in [0.25, 0.3) is 0 Å². The number of hydrogen-bond donors (Lipinski definition) is 2. The van der Waals surface area contributed by atoms with E-state index in [1.165, 1.54) is 0 Å². The van der Waals surface area contributed by atoms with Crippen LogP contribution in [0.1, 0.15) is 65.2 Å². The summed E-state index contributed by atoms with van der Waals surface area (Å²) in [6.45, 7) is 6.11. The van der Waals surface area contributed by atoms with E-state index in [1.54, 1.807) is 0 Å². The highest BCUT2D eigenvalue weighted by molar-refractivity contribution is 5.87. The summed E-state index contributed by atoms with van der Waals surface area (Å²) in [5, 5.41) is 3.27. The molecule has 0 aromatic rings. The summed E-state index contributed by atoms with van der Waals surface area (Å²) in [7, 11) is 0. The molecular formula is C24H34F2N2O2. The first kappa shape index (κ1) is 20.6. The molecule has 4 nitrogen and oxygen atoms in total. The van der Waals surface area contributed by atoms with Gasteiger partial charge in [0, 0.05) is 35.6 Å². The van der Waals surface area contributed by atoms with E-state index in [4.69, 9.17) is 4.84 Å². The topological polar surface area (TPSA) is 50.4 Å². The molecule has 30 heavy (non-hydrogen) atoms. The van der Waals surface area contributed by atoms with E-state index < -0.39 is 6.08 Å². The van der Waals surface area contributed by atoms with E-state index >= 15 is 0 Å². The molecule has 1 saturated heterocycles. The Kier molecular flexibility index (Phi) is 5.09. The number of fused-ring (bicyclic) bond motifs is 5. The Morgan fingerprint density at radius 1 is 1.17 bits per heavy atom. The zero-order valence-corrected chi connectivity index (χ0v) is 18.1. The minimum Gasteiger partial charge on any atom is -0.314 e. The third kappa shape index (κ3) is 3.09. The fraction of sp³-hybridized carbons (Fsp3) is 0.792. The highest BCUT2D eigenvalue weighted by atomic mass is 19.3. The van der Waals surface area contributed by atoms with Crippen LogP contribution in [0.2, 0.25) is 0 Å². The average Bonchev–Trinajstić information content (AvgIpc) is 3.34. The molecule has 0 amide bonds. The second-order valence-corrected chi connectivity index (χ2v) is 10.8. The van der Waals surface area contributed by atoms with Gasteiger partial charge in [0.15, 0.2) is 0 Å². The molecular weight excluding hydrogens is 386 g/mol. The Hall–Kier alpha value is -1.27. The molecule has 7 atom stereocenters. The van der Waals surface area contributed by atoms with Crippen LogP contribution >= 0.6 is 0 Å². The maximum absolute atomic E-state index is 14.2. The Morgan fingerprint density at radius 3 is 2.73 bits per heavy atom. The average molecular weight is 421 g/mol. The molecule has 4 aliphatic carbocycles. The van der Waals surface area contributed by atoms with E-state index in [0.29, 0.717) is 30.1 Å². The Bertz CT molecular complexity index is 786. The number of carbonyl (C=O) groups is 1. The highest BCUT2D eigenvalue weighted by Gasteiger charge is 2.61. The van der Waals surface area contributed by atoms with Crippen molar-refractivity contribution in [1.82, 2.24) is 10.8 Å². The van der Waals surface area contributed by atoms with Crippen LogP contribution in [0.5, 0.6) is 0 Å². The van der Waals surface area contributed by atoms with Crippen LogP contribution < -0.4 is 10.8 Å². The molecule has 6 heteroatoms.